The maximum absolute atomic E-state index is 5.87. The Kier molecular flexibility index (Phi) is 3.49. The first-order chi connectivity index (χ1) is 7.76. The second kappa shape index (κ2) is 4.87. The number of hydrogen-bond acceptors (Lipinski definition) is 4. The maximum atomic E-state index is 5.87. The number of halogens is 1. The van der Waals surface area contributed by atoms with E-state index in [1.165, 1.54) is 0 Å². The van der Waals surface area contributed by atoms with Gasteiger partial charge in [-0.15, -0.1) is 11.6 Å². The molecule has 0 spiro atoms. The van der Waals surface area contributed by atoms with Crippen LogP contribution in [-0.2, 0) is 0 Å². The molecule has 0 bridgehead atoms. The van der Waals surface area contributed by atoms with Crippen LogP contribution >= 0.6 is 11.6 Å². The fraction of sp³-hybridized carbons (Fsp3) is 0.636. The monoisotopic (exact) mass is 241 g/mol. The zero-order chi connectivity index (χ0) is 11.5. The number of aromatic nitrogens is 2. The summed E-state index contributed by atoms with van der Waals surface area (Å²) in [6, 6.07) is 0. The van der Waals surface area contributed by atoms with Crippen molar-refractivity contribution in [2.75, 3.05) is 31.0 Å². The Bertz CT molecular complexity index is 372. The molecule has 0 aromatic carbocycles. The summed E-state index contributed by atoms with van der Waals surface area (Å²) in [6.07, 6.45) is 2.68. The van der Waals surface area contributed by atoms with Crippen LogP contribution in [0.5, 0.6) is 5.88 Å². The molecular weight excluding hydrogens is 226 g/mol. The molecule has 1 aliphatic rings. The van der Waals surface area contributed by atoms with Crippen LogP contribution in [0.3, 0.4) is 0 Å². The van der Waals surface area contributed by atoms with E-state index in [-0.39, 0.29) is 0 Å². The third-order valence-electron chi connectivity index (χ3n) is 3.01. The minimum atomic E-state index is 0.571. The molecule has 0 radical (unpaired) electrons. The van der Waals surface area contributed by atoms with E-state index in [2.05, 4.69) is 14.9 Å². The van der Waals surface area contributed by atoms with Gasteiger partial charge in [-0.3, -0.25) is 0 Å². The Hall–Kier alpha value is -1.03. The lowest BCUT2D eigenvalue weighted by Crippen LogP contribution is -2.22. The van der Waals surface area contributed by atoms with Crippen LogP contribution in [0, 0.1) is 12.8 Å². The van der Waals surface area contributed by atoms with Crippen LogP contribution in [-0.4, -0.2) is 36.0 Å². The highest BCUT2D eigenvalue weighted by atomic mass is 35.5. The van der Waals surface area contributed by atoms with Gasteiger partial charge in [-0.05, 0) is 19.3 Å². The van der Waals surface area contributed by atoms with E-state index in [1.54, 1.807) is 13.4 Å². The Balaban J connectivity index is 2.21. The first-order valence-corrected chi connectivity index (χ1v) is 5.96. The van der Waals surface area contributed by atoms with Gasteiger partial charge in [-0.2, -0.15) is 0 Å². The molecule has 1 aromatic heterocycles. The maximum Gasteiger partial charge on any atom is 0.221 e. The van der Waals surface area contributed by atoms with Gasteiger partial charge in [0.15, 0.2) is 0 Å². The molecule has 2 heterocycles. The highest BCUT2D eigenvalue weighted by molar-refractivity contribution is 6.18. The van der Waals surface area contributed by atoms with Gasteiger partial charge in [0.05, 0.1) is 12.7 Å². The number of anilines is 1. The SMILES string of the molecule is COc1ncnc(N2CCC(CCl)C2)c1C. The molecule has 1 saturated heterocycles. The van der Waals surface area contributed by atoms with Gasteiger partial charge in [0.25, 0.3) is 0 Å². The zero-order valence-corrected chi connectivity index (χ0v) is 10.4. The lowest BCUT2D eigenvalue weighted by atomic mass is 10.2. The van der Waals surface area contributed by atoms with Gasteiger partial charge in [-0.1, -0.05) is 0 Å². The summed E-state index contributed by atoms with van der Waals surface area (Å²) < 4.78 is 5.19. The number of nitrogens with zero attached hydrogens (tertiary/aromatic N) is 3. The van der Waals surface area contributed by atoms with Crippen molar-refractivity contribution in [3.05, 3.63) is 11.9 Å². The predicted molar refractivity (Wildman–Crippen MR) is 64.4 cm³/mol. The van der Waals surface area contributed by atoms with Crippen molar-refractivity contribution in [3.8, 4) is 5.88 Å². The number of alkyl halides is 1. The van der Waals surface area contributed by atoms with Crippen molar-refractivity contribution < 1.29 is 4.74 Å². The number of rotatable bonds is 3. The molecule has 0 amide bonds. The Morgan fingerprint density at radius 2 is 2.38 bits per heavy atom. The molecule has 1 aromatic rings. The van der Waals surface area contributed by atoms with Crippen LogP contribution in [0.25, 0.3) is 0 Å². The molecule has 0 N–H and O–H groups in total. The van der Waals surface area contributed by atoms with Crippen molar-refractivity contribution in [1.82, 2.24) is 9.97 Å². The summed E-state index contributed by atoms with van der Waals surface area (Å²) in [5.74, 6) is 2.92. The molecule has 88 valence electrons. The van der Waals surface area contributed by atoms with Gasteiger partial charge in [0.2, 0.25) is 5.88 Å². The molecule has 16 heavy (non-hydrogen) atoms. The first-order valence-electron chi connectivity index (χ1n) is 5.42. The fourth-order valence-corrected chi connectivity index (χ4v) is 2.35. The van der Waals surface area contributed by atoms with E-state index in [4.69, 9.17) is 16.3 Å². The Morgan fingerprint density at radius 3 is 3.00 bits per heavy atom. The Morgan fingerprint density at radius 1 is 1.56 bits per heavy atom. The van der Waals surface area contributed by atoms with E-state index in [1.807, 2.05) is 6.92 Å². The fourth-order valence-electron chi connectivity index (χ4n) is 2.10. The van der Waals surface area contributed by atoms with E-state index in [0.29, 0.717) is 11.8 Å². The molecule has 0 saturated carbocycles. The summed E-state index contributed by atoms with van der Waals surface area (Å²) in [5, 5.41) is 0. The van der Waals surface area contributed by atoms with Crippen LogP contribution < -0.4 is 9.64 Å². The van der Waals surface area contributed by atoms with Crippen LogP contribution in [0.4, 0.5) is 5.82 Å². The van der Waals surface area contributed by atoms with Crippen LogP contribution in [0.2, 0.25) is 0 Å². The lowest BCUT2D eigenvalue weighted by Gasteiger charge is -2.19. The third-order valence-corrected chi connectivity index (χ3v) is 3.44. The third kappa shape index (κ3) is 2.07. The lowest BCUT2D eigenvalue weighted by molar-refractivity contribution is 0.393. The summed E-state index contributed by atoms with van der Waals surface area (Å²) in [4.78, 5) is 10.7. The summed E-state index contributed by atoms with van der Waals surface area (Å²) in [5.41, 5.74) is 1.00. The topological polar surface area (TPSA) is 38.3 Å². The van der Waals surface area contributed by atoms with Gasteiger partial charge in [-0.25, -0.2) is 9.97 Å². The van der Waals surface area contributed by atoms with Crippen molar-refractivity contribution >= 4 is 17.4 Å². The molecule has 1 unspecified atom stereocenters. The van der Waals surface area contributed by atoms with Crippen LogP contribution in [0.1, 0.15) is 12.0 Å². The van der Waals surface area contributed by atoms with E-state index in [9.17, 15) is 0 Å². The van der Waals surface area contributed by atoms with E-state index in [0.717, 1.165) is 36.8 Å². The smallest absolute Gasteiger partial charge is 0.221 e. The zero-order valence-electron chi connectivity index (χ0n) is 9.61. The summed E-state index contributed by atoms with van der Waals surface area (Å²) in [6.45, 7) is 3.98. The average molecular weight is 242 g/mol. The van der Waals surface area contributed by atoms with E-state index >= 15 is 0 Å². The molecule has 5 heteroatoms. The van der Waals surface area contributed by atoms with Gasteiger partial charge >= 0.3 is 0 Å². The number of hydrogen-bond donors (Lipinski definition) is 0. The first kappa shape index (κ1) is 11.5. The van der Waals surface area contributed by atoms with Gasteiger partial charge < -0.3 is 9.64 Å². The molecule has 1 atom stereocenters. The second-order valence-corrected chi connectivity index (χ2v) is 4.40. The average Bonchev–Trinajstić information content (AvgIpc) is 2.78. The summed E-state index contributed by atoms with van der Waals surface area (Å²) in [7, 11) is 1.63. The molecule has 1 fully saturated rings. The van der Waals surface area contributed by atoms with Crippen molar-refractivity contribution in [1.29, 1.82) is 0 Å². The summed E-state index contributed by atoms with van der Waals surface area (Å²) >= 11 is 5.87. The quantitative estimate of drug-likeness (QED) is 0.758. The molecule has 0 aliphatic carbocycles. The Labute approximate surface area is 101 Å². The van der Waals surface area contributed by atoms with Gasteiger partial charge in [0.1, 0.15) is 12.1 Å². The molecule has 1 aliphatic heterocycles. The van der Waals surface area contributed by atoms with Crippen molar-refractivity contribution in [2.24, 2.45) is 5.92 Å². The molecule has 2 rings (SSSR count). The normalized spacial score (nSPS) is 20.2. The predicted octanol–water partition coefficient (Wildman–Crippen LogP) is 1.86. The van der Waals surface area contributed by atoms with Gasteiger partial charge in [0, 0.05) is 19.0 Å². The minimum Gasteiger partial charge on any atom is -0.481 e. The number of methoxy groups -OCH3 is 1. The highest BCUT2D eigenvalue weighted by Crippen LogP contribution is 2.28. The van der Waals surface area contributed by atoms with Crippen molar-refractivity contribution in [2.45, 2.75) is 13.3 Å². The van der Waals surface area contributed by atoms with Crippen molar-refractivity contribution in [3.63, 3.8) is 0 Å². The highest BCUT2D eigenvalue weighted by Gasteiger charge is 2.24. The minimum absolute atomic E-state index is 0.571. The number of ether oxygens (including phenoxy) is 1. The largest absolute Gasteiger partial charge is 0.481 e. The van der Waals surface area contributed by atoms with Crippen LogP contribution in [0.15, 0.2) is 6.33 Å². The molecule has 4 nitrogen and oxygen atoms in total. The molecular formula is C11H16ClN3O. The standard InChI is InChI=1S/C11H16ClN3O/c1-8-10(13-7-14-11(8)16-2)15-4-3-9(5-12)6-15/h7,9H,3-6H2,1-2H3. The second-order valence-electron chi connectivity index (χ2n) is 4.09. The van der Waals surface area contributed by atoms with E-state index < -0.39 is 0 Å².